The summed E-state index contributed by atoms with van der Waals surface area (Å²) in [7, 11) is 0. The molecule has 28 heavy (non-hydrogen) atoms. The Morgan fingerprint density at radius 3 is 2.64 bits per heavy atom. The van der Waals surface area contributed by atoms with E-state index in [1.807, 2.05) is 37.4 Å². The van der Waals surface area contributed by atoms with Crippen LogP contribution in [0.15, 0.2) is 41.4 Å². The van der Waals surface area contributed by atoms with Crippen LogP contribution in [0.4, 0.5) is 11.4 Å². The van der Waals surface area contributed by atoms with Gasteiger partial charge in [-0.3, -0.25) is 4.99 Å². The maximum Gasteiger partial charge on any atom is 0.175 e. The molecular weight excluding hydrogens is 467 g/mol. The van der Waals surface area contributed by atoms with Crippen LogP contribution in [-0.2, 0) is 4.74 Å². The third-order valence-corrected chi connectivity index (χ3v) is 5.02. The van der Waals surface area contributed by atoms with Crippen molar-refractivity contribution in [3.8, 4) is 23.8 Å². The highest BCUT2D eigenvalue weighted by molar-refractivity contribution is 14.1. The standard InChI is InChI=1S/C22H23IN2O3/c1-3-11-28-22-20(23)14-17(15-21(22)27-4-2)16-24-18-5-7-19(8-6-18)25-9-12-26-13-10-25/h1,5-8,14-16H,4,9-13H2,2H3. The molecule has 1 aliphatic heterocycles. The second-order valence-corrected chi connectivity index (χ2v) is 7.29. The fraction of sp³-hybridized carbons (Fsp3) is 0.318. The molecule has 1 saturated heterocycles. The minimum Gasteiger partial charge on any atom is -0.490 e. The Balaban J connectivity index is 1.75. The van der Waals surface area contributed by atoms with Crippen LogP contribution in [0.1, 0.15) is 12.5 Å². The summed E-state index contributed by atoms with van der Waals surface area (Å²) in [5.74, 6) is 3.83. The lowest BCUT2D eigenvalue weighted by molar-refractivity contribution is 0.122. The quantitative estimate of drug-likeness (QED) is 0.330. The van der Waals surface area contributed by atoms with Gasteiger partial charge in [0, 0.05) is 25.0 Å². The lowest BCUT2D eigenvalue weighted by Crippen LogP contribution is -2.36. The highest BCUT2D eigenvalue weighted by Gasteiger charge is 2.12. The number of terminal acetylenes is 1. The molecule has 0 aliphatic carbocycles. The number of aliphatic imine (C=N–C) groups is 1. The Bertz CT molecular complexity index is 853. The molecular formula is C22H23IN2O3. The number of rotatable bonds is 7. The molecule has 1 aliphatic rings. The van der Waals surface area contributed by atoms with Crippen molar-refractivity contribution in [3.63, 3.8) is 0 Å². The van der Waals surface area contributed by atoms with E-state index in [9.17, 15) is 0 Å². The van der Waals surface area contributed by atoms with Crippen molar-refractivity contribution in [2.24, 2.45) is 4.99 Å². The monoisotopic (exact) mass is 490 g/mol. The Morgan fingerprint density at radius 1 is 1.21 bits per heavy atom. The molecule has 0 unspecified atom stereocenters. The second-order valence-electron chi connectivity index (χ2n) is 6.13. The van der Waals surface area contributed by atoms with E-state index in [0.29, 0.717) is 18.1 Å². The van der Waals surface area contributed by atoms with Crippen molar-refractivity contribution in [3.05, 3.63) is 45.5 Å². The fourth-order valence-electron chi connectivity index (χ4n) is 2.90. The first-order chi connectivity index (χ1) is 13.7. The Labute approximate surface area is 179 Å². The average molecular weight is 490 g/mol. The summed E-state index contributed by atoms with van der Waals surface area (Å²) in [5, 5.41) is 0. The largest absolute Gasteiger partial charge is 0.490 e. The molecule has 6 heteroatoms. The highest BCUT2D eigenvalue weighted by Crippen LogP contribution is 2.34. The average Bonchev–Trinajstić information content (AvgIpc) is 2.73. The maximum atomic E-state index is 5.71. The van der Waals surface area contributed by atoms with E-state index in [1.165, 1.54) is 5.69 Å². The van der Waals surface area contributed by atoms with Gasteiger partial charge in [0.25, 0.3) is 0 Å². The first-order valence-electron chi connectivity index (χ1n) is 9.20. The van der Waals surface area contributed by atoms with Gasteiger partial charge in [-0.15, -0.1) is 6.42 Å². The maximum absolute atomic E-state index is 5.71. The minimum absolute atomic E-state index is 0.207. The molecule has 1 fully saturated rings. The van der Waals surface area contributed by atoms with Gasteiger partial charge in [-0.05, 0) is 71.5 Å². The third-order valence-electron chi connectivity index (χ3n) is 4.22. The van der Waals surface area contributed by atoms with Gasteiger partial charge in [0.2, 0.25) is 0 Å². The number of halogens is 1. The zero-order chi connectivity index (χ0) is 19.8. The summed E-state index contributed by atoms with van der Waals surface area (Å²) >= 11 is 2.22. The summed E-state index contributed by atoms with van der Waals surface area (Å²) in [5.41, 5.74) is 3.04. The number of anilines is 1. The highest BCUT2D eigenvalue weighted by atomic mass is 127. The molecule has 0 aromatic heterocycles. The predicted octanol–water partition coefficient (Wildman–Crippen LogP) is 4.29. The zero-order valence-corrected chi connectivity index (χ0v) is 18.0. The number of benzene rings is 2. The number of hydrogen-bond acceptors (Lipinski definition) is 5. The molecule has 0 N–H and O–H groups in total. The van der Waals surface area contributed by atoms with Gasteiger partial charge in [0.15, 0.2) is 11.5 Å². The third kappa shape index (κ3) is 5.40. The van der Waals surface area contributed by atoms with Crippen LogP contribution in [0.2, 0.25) is 0 Å². The Hall–Kier alpha value is -2.24. The minimum atomic E-state index is 0.207. The van der Waals surface area contributed by atoms with Crippen LogP contribution < -0.4 is 14.4 Å². The Morgan fingerprint density at radius 2 is 1.96 bits per heavy atom. The van der Waals surface area contributed by atoms with Crippen LogP contribution in [0.5, 0.6) is 11.5 Å². The molecule has 5 nitrogen and oxygen atoms in total. The van der Waals surface area contributed by atoms with Crippen molar-refractivity contribution in [1.29, 1.82) is 0 Å². The molecule has 0 bridgehead atoms. The fourth-order valence-corrected chi connectivity index (χ4v) is 3.68. The van der Waals surface area contributed by atoms with Gasteiger partial charge in [0.1, 0.15) is 6.61 Å². The molecule has 1 heterocycles. The van der Waals surface area contributed by atoms with Crippen molar-refractivity contribution in [2.75, 3.05) is 44.4 Å². The zero-order valence-electron chi connectivity index (χ0n) is 15.9. The van der Waals surface area contributed by atoms with Gasteiger partial charge < -0.3 is 19.1 Å². The normalized spacial score (nSPS) is 14.1. The number of hydrogen-bond donors (Lipinski definition) is 0. The summed E-state index contributed by atoms with van der Waals surface area (Å²) in [4.78, 5) is 6.92. The van der Waals surface area contributed by atoms with Crippen molar-refractivity contribution in [1.82, 2.24) is 0 Å². The number of nitrogens with zero attached hydrogens (tertiary/aromatic N) is 2. The molecule has 3 rings (SSSR count). The van der Waals surface area contributed by atoms with E-state index < -0.39 is 0 Å². The molecule has 0 saturated carbocycles. The topological polar surface area (TPSA) is 43.3 Å². The molecule has 2 aromatic carbocycles. The van der Waals surface area contributed by atoms with E-state index in [-0.39, 0.29) is 6.61 Å². The van der Waals surface area contributed by atoms with E-state index in [0.717, 1.165) is 41.1 Å². The van der Waals surface area contributed by atoms with Crippen LogP contribution in [0, 0.1) is 15.9 Å². The van der Waals surface area contributed by atoms with Gasteiger partial charge in [-0.1, -0.05) is 5.92 Å². The Kier molecular flexibility index (Phi) is 7.57. The first kappa shape index (κ1) is 20.5. The SMILES string of the molecule is C#CCOc1c(I)cc(C=Nc2ccc(N3CCOCC3)cc2)cc1OCC. The second kappa shape index (κ2) is 10.3. The summed E-state index contributed by atoms with van der Waals surface area (Å²) in [6.07, 6.45) is 7.13. The van der Waals surface area contributed by atoms with Crippen molar-refractivity contribution < 1.29 is 14.2 Å². The van der Waals surface area contributed by atoms with Gasteiger partial charge in [0.05, 0.1) is 29.1 Å². The van der Waals surface area contributed by atoms with Gasteiger partial charge >= 0.3 is 0 Å². The van der Waals surface area contributed by atoms with E-state index >= 15 is 0 Å². The van der Waals surface area contributed by atoms with Crippen LogP contribution in [-0.4, -0.2) is 45.7 Å². The van der Waals surface area contributed by atoms with Crippen LogP contribution >= 0.6 is 22.6 Å². The molecule has 146 valence electrons. The summed E-state index contributed by atoms with van der Waals surface area (Å²) in [6, 6.07) is 12.2. The van der Waals surface area contributed by atoms with Crippen molar-refractivity contribution in [2.45, 2.75) is 6.92 Å². The molecule has 2 aromatic rings. The van der Waals surface area contributed by atoms with Gasteiger partial charge in [-0.2, -0.15) is 0 Å². The lowest BCUT2D eigenvalue weighted by Gasteiger charge is -2.28. The molecule has 0 atom stereocenters. The van der Waals surface area contributed by atoms with Gasteiger partial charge in [-0.25, -0.2) is 0 Å². The molecule has 0 amide bonds. The van der Waals surface area contributed by atoms with E-state index in [2.05, 4.69) is 50.5 Å². The molecule has 0 radical (unpaired) electrons. The smallest absolute Gasteiger partial charge is 0.175 e. The number of ether oxygens (including phenoxy) is 3. The van der Waals surface area contributed by atoms with E-state index in [4.69, 9.17) is 20.6 Å². The first-order valence-corrected chi connectivity index (χ1v) is 10.3. The lowest BCUT2D eigenvalue weighted by atomic mass is 10.2. The van der Waals surface area contributed by atoms with Crippen LogP contribution in [0.3, 0.4) is 0 Å². The molecule has 0 spiro atoms. The predicted molar refractivity (Wildman–Crippen MR) is 121 cm³/mol. The summed E-state index contributed by atoms with van der Waals surface area (Å²) in [6.45, 7) is 6.11. The number of morpholine rings is 1. The van der Waals surface area contributed by atoms with Crippen molar-refractivity contribution >= 4 is 40.2 Å². The summed E-state index contributed by atoms with van der Waals surface area (Å²) < 4.78 is 17.7. The van der Waals surface area contributed by atoms with E-state index in [1.54, 1.807) is 0 Å². The van der Waals surface area contributed by atoms with Crippen LogP contribution in [0.25, 0.3) is 0 Å².